The average Bonchev–Trinajstić information content (AvgIpc) is 2.33. The van der Waals surface area contributed by atoms with Crippen molar-refractivity contribution in [3.63, 3.8) is 0 Å². The highest BCUT2D eigenvalue weighted by molar-refractivity contribution is 4.89. The van der Waals surface area contributed by atoms with Gasteiger partial charge >= 0.3 is 0 Å². The second-order valence-corrected chi connectivity index (χ2v) is 3.10. The predicted molar refractivity (Wildman–Crippen MR) is 36.9 cm³/mol. The van der Waals surface area contributed by atoms with Crippen molar-refractivity contribution in [2.24, 2.45) is 5.92 Å². The lowest BCUT2D eigenvalue weighted by atomic mass is 9.97. The number of rotatable bonds is 2. The molecule has 1 rings (SSSR count). The first-order chi connectivity index (χ1) is 5.49. The molecule has 12 heavy (non-hydrogen) atoms. The van der Waals surface area contributed by atoms with Crippen molar-refractivity contribution in [3.8, 4) is 0 Å². The fraction of sp³-hybridized carbons (Fsp3) is 1.00. The first-order valence-corrected chi connectivity index (χ1v) is 3.77. The molecule has 5 heteroatoms. The molecular formula is C7H12F2O3. The number of halogens is 2. The molecule has 3 nitrogen and oxygen atoms in total. The Morgan fingerprint density at radius 2 is 2.17 bits per heavy atom. The molecule has 0 spiro atoms. The lowest BCUT2D eigenvalue weighted by molar-refractivity contribution is -0.151. The van der Waals surface area contributed by atoms with Gasteiger partial charge in [-0.2, -0.15) is 0 Å². The van der Waals surface area contributed by atoms with E-state index in [1.54, 1.807) is 0 Å². The molecule has 2 N–H and O–H groups in total. The normalized spacial score (nSPS) is 37.2. The number of alkyl halides is 2. The van der Waals surface area contributed by atoms with Crippen LogP contribution in [0.15, 0.2) is 0 Å². The van der Waals surface area contributed by atoms with Gasteiger partial charge in [-0.15, -0.1) is 0 Å². The van der Waals surface area contributed by atoms with Gasteiger partial charge in [0.25, 0.3) is 5.92 Å². The third-order valence-electron chi connectivity index (χ3n) is 2.16. The largest absolute Gasteiger partial charge is 0.390 e. The Morgan fingerprint density at radius 3 is 2.50 bits per heavy atom. The molecule has 0 aromatic heterocycles. The fourth-order valence-electron chi connectivity index (χ4n) is 1.30. The number of aliphatic hydroxyl groups excluding tert-OH is 2. The molecule has 72 valence electrons. The molecule has 0 bridgehead atoms. The van der Waals surface area contributed by atoms with Crippen LogP contribution in [0.2, 0.25) is 0 Å². The van der Waals surface area contributed by atoms with Gasteiger partial charge in [0.15, 0.2) is 0 Å². The van der Waals surface area contributed by atoms with Gasteiger partial charge in [0.1, 0.15) is 12.7 Å². The molecule has 0 radical (unpaired) electrons. The van der Waals surface area contributed by atoms with Crippen molar-refractivity contribution >= 4 is 0 Å². The third-order valence-corrected chi connectivity index (χ3v) is 2.16. The number of aliphatic hydroxyl groups is 2. The molecule has 1 fully saturated rings. The summed E-state index contributed by atoms with van der Waals surface area (Å²) in [5, 5.41) is 17.4. The molecule has 1 aliphatic heterocycles. The van der Waals surface area contributed by atoms with E-state index in [1.807, 2.05) is 0 Å². The first kappa shape index (κ1) is 9.83. The minimum absolute atomic E-state index is 0.0819. The van der Waals surface area contributed by atoms with Crippen molar-refractivity contribution < 1.29 is 23.7 Å². The molecule has 0 aromatic rings. The van der Waals surface area contributed by atoms with E-state index in [-0.39, 0.29) is 6.61 Å². The van der Waals surface area contributed by atoms with E-state index in [1.165, 1.54) is 6.92 Å². The van der Waals surface area contributed by atoms with E-state index in [2.05, 4.69) is 4.74 Å². The molecule has 1 saturated heterocycles. The summed E-state index contributed by atoms with van der Waals surface area (Å²) in [5.74, 6) is -3.89. The SMILES string of the molecule is C[C@@H]1[C@@H](O)CO[C@@H]1C(F)(F)CO. The zero-order valence-corrected chi connectivity index (χ0v) is 6.70. The summed E-state index contributed by atoms with van der Waals surface area (Å²) in [6.07, 6.45) is -2.22. The molecular weight excluding hydrogens is 170 g/mol. The summed E-state index contributed by atoms with van der Waals surface area (Å²) in [7, 11) is 0. The van der Waals surface area contributed by atoms with Gasteiger partial charge in [-0.25, -0.2) is 8.78 Å². The van der Waals surface area contributed by atoms with Crippen LogP contribution in [0.25, 0.3) is 0 Å². The van der Waals surface area contributed by atoms with Crippen LogP contribution in [-0.2, 0) is 4.74 Å². The molecule has 0 amide bonds. The maximum atomic E-state index is 12.8. The highest BCUT2D eigenvalue weighted by atomic mass is 19.3. The van der Waals surface area contributed by atoms with Gasteiger partial charge in [0.05, 0.1) is 12.7 Å². The van der Waals surface area contributed by atoms with Gasteiger partial charge in [-0.05, 0) is 0 Å². The van der Waals surface area contributed by atoms with Gasteiger partial charge in [0.2, 0.25) is 0 Å². The molecule has 3 atom stereocenters. The maximum Gasteiger partial charge on any atom is 0.296 e. The van der Waals surface area contributed by atoms with Crippen LogP contribution >= 0.6 is 0 Å². The Kier molecular flexibility index (Phi) is 2.65. The molecule has 0 unspecified atom stereocenters. The number of hydrogen-bond acceptors (Lipinski definition) is 3. The van der Waals surface area contributed by atoms with E-state index < -0.39 is 30.7 Å². The van der Waals surface area contributed by atoms with Crippen LogP contribution in [0.5, 0.6) is 0 Å². The zero-order chi connectivity index (χ0) is 9.35. The summed E-state index contributed by atoms with van der Waals surface area (Å²) in [6, 6.07) is 0. The third kappa shape index (κ3) is 1.57. The lowest BCUT2D eigenvalue weighted by Crippen LogP contribution is -2.41. The number of hydrogen-bond donors (Lipinski definition) is 2. The summed E-state index contributed by atoms with van der Waals surface area (Å²) >= 11 is 0. The Hall–Kier alpha value is -0.260. The lowest BCUT2D eigenvalue weighted by Gasteiger charge is -2.23. The van der Waals surface area contributed by atoms with E-state index in [0.717, 1.165) is 0 Å². The summed E-state index contributed by atoms with van der Waals surface area (Å²) in [6.45, 7) is 0.155. The topological polar surface area (TPSA) is 49.7 Å². The Balaban J connectivity index is 2.64. The van der Waals surface area contributed by atoms with Crippen molar-refractivity contribution in [3.05, 3.63) is 0 Å². The van der Waals surface area contributed by atoms with Crippen molar-refractivity contribution in [2.45, 2.75) is 25.1 Å². The highest BCUT2D eigenvalue weighted by Crippen LogP contribution is 2.32. The van der Waals surface area contributed by atoms with Crippen LogP contribution in [-0.4, -0.2) is 41.6 Å². The quantitative estimate of drug-likeness (QED) is 0.632. The maximum absolute atomic E-state index is 12.8. The van der Waals surface area contributed by atoms with Crippen molar-refractivity contribution in [1.82, 2.24) is 0 Å². The Morgan fingerprint density at radius 1 is 1.58 bits per heavy atom. The molecule has 0 saturated carbocycles. The fourth-order valence-corrected chi connectivity index (χ4v) is 1.30. The Bertz CT molecular complexity index is 163. The molecule has 1 aliphatic rings. The van der Waals surface area contributed by atoms with Crippen molar-refractivity contribution in [1.29, 1.82) is 0 Å². The standard InChI is InChI=1S/C7H12F2O3/c1-4-5(11)2-12-6(4)7(8,9)3-10/h4-6,10-11H,2-3H2,1H3/t4-,5+,6+/m1/s1. The zero-order valence-electron chi connectivity index (χ0n) is 6.70. The molecule has 1 heterocycles. The second kappa shape index (κ2) is 3.24. The van der Waals surface area contributed by atoms with E-state index in [9.17, 15) is 8.78 Å². The van der Waals surface area contributed by atoms with Crippen LogP contribution in [0.4, 0.5) is 8.78 Å². The predicted octanol–water partition coefficient (Wildman–Crippen LogP) is 0.00980. The summed E-state index contributed by atoms with van der Waals surface area (Å²) in [5.41, 5.74) is 0. The average molecular weight is 182 g/mol. The van der Waals surface area contributed by atoms with Crippen molar-refractivity contribution in [2.75, 3.05) is 13.2 Å². The van der Waals surface area contributed by atoms with Crippen LogP contribution < -0.4 is 0 Å². The van der Waals surface area contributed by atoms with Gasteiger partial charge < -0.3 is 14.9 Å². The summed E-state index contributed by atoms with van der Waals surface area (Å²) < 4.78 is 30.3. The van der Waals surface area contributed by atoms with E-state index in [4.69, 9.17) is 10.2 Å². The van der Waals surface area contributed by atoms with E-state index >= 15 is 0 Å². The second-order valence-electron chi connectivity index (χ2n) is 3.10. The van der Waals surface area contributed by atoms with Crippen LogP contribution in [0.1, 0.15) is 6.92 Å². The number of ether oxygens (including phenoxy) is 1. The highest BCUT2D eigenvalue weighted by Gasteiger charge is 2.49. The van der Waals surface area contributed by atoms with Crippen LogP contribution in [0, 0.1) is 5.92 Å². The summed E-state index contributed by atoms with van der Waals surface area (Å²) in [4.78, 5) is 0. The van der Waals surface area contributed by atoms with Gasteiger partial charge in [-0.1, -0.05) is 6.92 Å². The van der Waals surface area contributed by atoms with Gasteiger partial charge in [0, 0.05) is 5.92 Å². The minimum atomic E-state index is -3.25. The monoisotopic (exact) mass is 182 g/mol. The minimum Gasteiger partial charge on any atom is -0.390 e. The smallest absolute Gasteiger partial charge is 0.296 e. The first-order valence-electron chi connectivity index (χ1n) is 3.77. The molecule has 0 aromatic carbocycles. The Labute approximate surface area is 69.0 Å². The van der Waals surface area contributed by atoms with E-state index in [0.29, 0.717) is 0 Å². The molecule has 0 aliphatic carbocycles. The van der Waals surface area contributed by atoms with Crippen LogP contribution in [0.3, 0.4) is 0 Å². The van der Waals surface area contributed by atoms with Gasteiger partial charge in [-0.3, -0.25) is 0 Å².